The molecular formula is C16H15ClF2N6. The monoisotopic (exact) mass is 364 g/mol. The fourth-order valence-corrected chi connectivity index (χ4v) is 3.00. The third kappa shape index (κ3) is 3.14. The summed E-state index contributed by atoms with van der Waals surface area (Å²) >= 11 is 6.02. The highest BCUT2D eigenvalue weighted by Gasteiger charge is 2.41. The Bertz CT molecular complexity index is 895. The minimum atomic E-state index is -2.77. The lowest BCUT2D eigenvalue weighted by Gasteiger charge is -2.32. The Hall–Kier alpha value is -2.32. The first-order valence-electron chi connectivity index (χ1n) is 7.83. The lowest BCUT2D eigenvalue weighted by atomic mass is 10.0. The molecule has 1 saturated heterocycles. The molecule has 3 aromatic heterocycles. The zero-order chi connectivity index (χ0) is 17.4. The zero-order valence-corrected chi connectivity index (χ0v) is 13.8. The lowest BCUT2D eigenvalue weighted by molar-refractivity contribution is -0.0384. The summed E-state index contributed by atoms with van der Waals surface area (Å²) in [5.41, 5.74) is 2.03. The van der Waals surface area contributed by atoms with Crippen molar-refractivity contribution in [1.29, 1.82) is 0 Å². The maximum atomic E-state index is 13.9. The van der Waals surface area contributed by atoms with Crippen molar-refractivity contribution >= 4 is 23.1 Å². The van der Waals surface area contributed by atoms with E-state index in [0.29, 0.717) is 23.1 Å². The molecule has 1 fully saturated rings. The van der Waals surface area contributed by atoms with Crippen LogP contribution in [0, 0.1) is 0 Å². The van der Waals surface area contributed by atoms with Gasteiger partial charge in [-0.25, -0.2) is 23.7 Å². The quantitative estimate of drug-likeness (QED) is 0.748. The van der Waals surface area contributed by atoms with Crippen molar-refractivity contribution in [2.45, 2.75) is 18.4 Å². The van der Waals surface area contributed by atoms with Crippen molar-refractivity contribution in [3.63, 3.8) is 0 Å². The van der Waals surface area contributed by atoms with E-state index >= 15 is 0 Å². The molecule has 1 unspecified atom stereocenters. The Morgan fingerprint density at radius 1 is 1.20 bits per heavy atom. The number of aromatic nitrogens is 4. The van der Waals surface area contributed by atoms with Gasteiger partial charge in [0.05, 0.1) is 29.3 Å². The molecule has 25 heavy (non-hydrogen) atoms. The van der Waals surface area contributed by atoms with E-state index in [1.807, 2.05) is 0 Å². The van der Waals surface area contributed by atoms with Gasteiger partial charge in [0.15, 0.2) is 0 Å². The van der Waals surface area contributed by atoms with Crippen LogP contribution in [0.15, 0.2) is 36.9 Å². The number of alkyl halides is 2. The van der Waals surface area contributed by atoms with Gasteiger partial charge in [-0.15, -0.1) is 0 Å². The average molecular weight is 365 g/mol. The van der Waals surface area contributed by atoms with Crippen molar-refractivity contribution in [2.24, 2.45) is 0 Å². The van der Waals surface area contributed by atoms with Crippen molar-refractivity contribution in [2.75, 3.05) is 18.4 Å². The van der Waals surface area contributed by atoms with Gasteiger partial charge in [0.1, 0.15) is 23.2 Å². The number of anilines is 1. The van der Waals surface area contributed by atoms with Crippen molar-refractivity contribution in [3.8, 4) is 11.4 Å². The summed E-state index contributed by atoms with van der Waals surface area (Å²) in [6.45, 7) is 0.495. The molecule has 1 aliphatic heterocycles. The number of nitrogens with one attached hydrogen (secondary N) is 2. The molecule has 3 aromatic rings. The second kappa shape index (κ2) is 6.20. The predicted molar refractivity (Wildman–Crippen MR) is 91.1 cm³/mol. The van der Waals surface area contributed by atoms with Gasteiger partial charge >= 0.3 is 0 Å². The molecule has 0 radical (unpaired) electrons. The predicted octanol–water partition coefficient (Wildman–Crippen LogP) is 2.85. The van der Waals surface area contributed by atoms with E-state index in [1.165, 1.54) is 12.4 Å². The van der Waals surface area contributed by atoms with Gasteiger partial charge in [-0.05, 0) is 12.1 Å². The van der Waals surface area contributed by atoms with E-state index < -0.39 is 12.0 Å². The minimum Gasteiger partial charge on any atom is -0.359 e. The number of pyridine rings is 1. The van der Waals surface area contributed by atoms with Crippen molar-refractivity contribution in [3.05, 3.63) is 41.9 Å². The van der Waals surface area contributed by atoms with Gasteiger partial charge in [-0.1, -0.05) is 11.6 Å². The summed E-state index contributed by atoms with van der Waals surface area (Å²) in [6, 6.07) is 2.55. The molecule has 0 aromatic carbocycles. The van der Waals surface area contributed by atoms with Gasteiger partial charge in [-0.3, -0.25) is 4.40 Å². The van der Waals surface area contributed by atoms with Gasteiger partial charge in [-0.2, -0.15) is 0 Å². The number of halogens is 3. The third-order valence-electron chi connectivity index (χ3n) is 4.20. The number of nitrogens with zero attached hydrogens (tertiary/aromatic N) is 4. The average Bonchev–Trinajstić information content (AvgIpc) is 3.00. The van der Waals surface area contributed by atoms with Crippen LogP contribution in [0.2, 0.25) is 5.02 Å². The Morgan fingerprint density at radius 2 is 2.08 bits per heavy atom. The van der Waals surface area contributed by atoms with Crippen LogP contribution >= 0.6 is 11.6 Å². The first kappa shape index (κ1) is 16.2. The van der Waals surface area contributed by atoms with Crippen LogP contribution in [-0.2, 0) is 0 Å². The summed E-state index contributed by atoms with van der Waals surface area (Å²) in [5, 5.41) is 6.29. The summed E-state index contributed by atoms with van der Waals surface area (Å²) in [4.78, 5) is 12.8. The van der Waals surface area contributed by atoms with Gasteiger partial charge < -0.3 is 10.6 Å². The highest BCUT2D eigenvalue weighted by molar-refractivity contribution is 6.30. The maximum absolute atomic E-state index is 13.9. The minimum absolute atomic E-state index is 0.183. The summed E-state index contributed by atoms with van der Waals surface area (Å²) in [5.74, 6) is -2.46. The Morgan fingerprint density at radius 3 is 2.84 bits per heavy atom. The molecule has 0 aliphatic carbocycles. The summed E-state index contributed by atoms with van der Waals surface area (Å²) in [6.07, 6.45) is 6.19. The second-order valence-electron chi connectivity index (χ2n) is 5.92. The largest absolute Gasteiger partial charge is 0.359 e. The van der Waals surface area contributed by atoms with E-state index in [9.17, 15) is 8.78 Å². The molecule has 0 amide bonds. The SMILES string of the molecule is FC1(F)CCNCC1Nc1cnc(-c2cnc3ccc(Cl)cn23)cn1. The molecule has 2 N–H and O–H groups in total. The van der Waals surface area contributed by atoms with Crippen LogP contribution in [0.5, 0.6) is 0 Å². The molecule has 0 saturated carbocycles. The standard InChI is InChI=1S/C16H15ClF2N6/c17-10-1-2-15-23-6-12(25(15)9-10)11-5-22-14(8-21-11)24-13-7-20-4-3-16(13,18)19/h1-2,5-6,8-9,13,20H,3-4,7H2,(H,22,24). The number of hydrogen-bond donors (Lipinski definition) is 2. The molecular weight excluding hydrogens is 350 g/mol. The first-order valence-corrected chi connectivity index (χ1v) is 8.21. The molecule has 4 heterocycles. The van der Waals surface area contributed by atoms with Crippen LogP contribution in [0.4, 0.5) is 14.6 Å². The van der Waals surface area contributed by atoms with Crippen LogP contribution in [0.3, 0.4) is 0 Å². The number of hydrogen-bond acceptors (Lipinski definition) is 5. The second-order valence-corrected chi connectivity index (χ2v) is 6.35. The number of fused-ring (bicyclic) bond motifs is 1. The van der Waals surface area contributed by atoms with E-state index in [-0.39, 0.29) is 13.0 Å². The van der Waals surface area contributed by atoms with E-state index in [0.717, 1.165) is 11.3 Å². The molecule has 0 bridgehead atoms. The zero-order valence-electron chi connectivity index (χ0n) is 13.1. The lowest BCUT2D eigenvalue weighted by Crippen LogP contribution is -2.52. The first-order chi connectivity index (χ1) is 12.0. The Balaban J connectivity index is 1.58. The van der Waals surface area contributed by atoms with E-state index in [4.69, 9.17) is 11.6 Å². The fourth-order valence-electron chi connectivity index (χ4n) is 2.84. The summed E-state index contributed by atoms with van der Waals surface area (Å²) < 4.78 is 29.6. The van der Waals surface area contributed by atoms with Crippen LogP contribution in [-0.4, -0.2) is 44.4 Å². The molecule has 6 nitrogen and oxygen atoms in total. The highest BCUT2D eigenvalue weighted by atomic mass is 35.5. The smallest absolute Gasteiger partial charge is 0.270 e. The molecule has 1 aliphatic rings. The van der Waals surface area contributed by atoms with Gasteiger partial charge in [0.25, 0.3) is 5.92 Å². The molecule has 4 rings (SSSR count). The fraction of sp³-hybridized carbons (Fsp3) is 0.312. The van der Waals surface area contributed by atoms with Crippen molar-refractivity contribution < 1.29 is 8.78 Å². The Labute approximate surface area is 147 Å². The maximum Gasteiger partial charge on any atom is 0.270 e. The van der Waals surface area contributed by atoms with Gasteiger partial charge in [0.2, 0.25) is 0 Å². The topological polar surface area (TPSA) is 67.1 Å². The van der Waals surface area contributed by atoms with Crippen LogP contribution < -0.4 is 10.6 Å². The van der Waals surface area contributed by atoms with Crippen LogP contribution in [0.25, 0.3) is 17.0 Å². The third-order valence-corrected chi connectivity index (χ3v) is 4.42. The number of piperidine rings is 1. The van der Waals surface area contributed by atoms with Gasteiger partial charge in [0, 0.05) is 25.7 Å². The molecule has 130 valence electrons. The normalized spacial score (nSPS) is 19.9. The van der Waals surface area contributed by atoms with Crippen LogP contribution in [0.1, 0.15) is 6.42 Å². The van der Waals surface area contributed by atoms with E-state index in [1.54, 1.807) is 28.9 Å². The molecule has 0 spiro atoms. The number of imidazole rings is 1. The molecule has 9 heteroatoms. The highest BCUT2D eigenvalue weighted by Crippen LogP contribution is 2.27. The Kier molecular flexibility index (Phi) is 4.01. The number of rotatable bonds is 3. The molecule has 1 atom stereocenters. The van der Waals surface area contributed by atoms with E-state index in [2.05, 4.69) is 25.6 Å². The summed E-state index contributed by atoms with van der Waals surface area (Å²) in [7, 11) is 0. The van der Waals surface area contributed by atoms with Crippen molar-refractivity contribution in [1.82, 2.24) is 24.7 Å².